The Hall–Kier alpha value is -8.28. The molecule has 5 nitrogen and oxygen atoms in total. The Kier molecular flexibility index (Phi) is 7.45. The molecule has 13 rings (SSSR count). The van der Waals surface area contributed by atoms with Crippen molar-refractivity contribution in [1.29, 1.82) is 0 Å². The van der Waals surface area contributed by atoms with Gasteiger partial charge in [-0.3, -0.25) is 0 Å². The number of rotatable bonds is 5. The van der Waals surface area contributed by atoms with Gasteiger partial charge in [0.25, 0.3) is 0 Å². The van der Waals surface area contributed by atoms with Gasteiger partial charge < -0.3 is 13.6 Å². The molecule has 9 aromatic carbocycles. The number of oxazole rings is 2. The summed E-state index contributed by atoms with van der Waals surface area (Å²) in [6.07, 6.45) is 0. The van der Waals surface area contributed by atoms with E-state index in [2.05, 4.69) is 146 Å². The molecule has 0 atom stereocenters. The fourth-order valence-corrected chi connectivity index (χ4v) is 9.78. The molecular formula is C57H34N2O3. The fourth-order valence-electron chi connectivity index (χ4n) is 9.78. The van der Waals surface area contributed by atoms with Crippen LogP contribution >= 0.6 is 0 Å². The quantitative estimate of drug-likeness (QED) is 0.174. The first kappa shape index (κ1) is 34.6. The minimum absolute atomic E-state index is 0.574. The molecule has 0 saturated heterocycles. The number of hydrogen-bond donors (Lipinski definition) is 0. The van der Waals surface area contributed by atoms with E-state index in [-0.39, 0.29) is 0 Å². The van der Waals surface area contributed by atoms with Crippen molar-refractivity contribution in [2.24, 2.45) is 0 Å². The minimum Gasteiger partial charge on any atom is -0.457 e. The van der Waals surface area contributed by atoms with Gasteiger partial charge in [0.05, 0.1) is 5.41 Å². The molecule has 0 bridgehead atoms. The predicted molar refractivity (Wildman–Crippen MR) is 246 cm³/mol. The van der Waals surface area contributed by atoms with Gasteiger partial charge in [0.2, 0.25) is 11.8 Å². The van der Waals surface area contributed by atoms with Crippen LogP contribution in [-0.4, -0.2) is 9.97 Å². The van der Waals surface area contributed by atoms with Gasteiger partial charge in [0.15, 0.2) is 11.2 Å². The number of para-hydroxylation sites is 2. The molecule has 5 heteroatoms. The normalized spacial score (nSPS) is 13.1. The lowest BCUT2D eigenvalue weighted by Gasteiger charge is -2.39. The van der Waals surface area contributed by atoms with Crippen LogP contribution in [0, 0.1) is 0 Å². The molecule has 0 N–H and O–H groups in total. The van der Waals surface area contributed by atoms with Crippen LogP contribution in [-0.2, 0) is 5.41 Å². The van der Waals surface area contributed by atoms with Gasteiger partial charge >= 0.3 is 0 Å². The highest BCUT2D eigenvalue weighted by Crippen LogP contribution is 2.62. The molecule has 1 aliphatic carbocycles. The second-order valence-electron chi connectivity index (χ2n) is 16.1. The summed E-state index contributed by atoms with van der Waals surface area (Å²) in [6.45, 7) is 0. The molecule has 0 saturated carbocycles. The highest BCUT2D eigenvalue weighted by Gasteiger charge is 2.51. The van der Waals surface area contributed by atoms with Crippen molar-refractivity contribution in [1.82, 2.24) is 9.97 Å². The molecule has 3 heterocycles. The lowest BCUT2D eigenvalue weighted by Crippen LogP contribution is -2.32. The zero-order chi connectivity index (χ0) is 40.8. The molecule has 0 unspecified atom stereocenters. The van der Waals surface area contributed by atoms with Crippen molar-refractivity contribution in [3.8, 4) is 78.9 Å². The first-order chi connectivity index (χ1) is 30.7. The van der Waals surface area contributed by atoms with Crippen LogP contribution in [0.25, 0.3) is 89.6 Å². The molecule has 1 spiro atoms. The zero-order valence-corrected chi connectivity index (χ0v) is 33.2. The topological polar surface area (TPSA) is 61.3 Å². The van der Waals surface area contributed by atoms with Crippen molar-refractivity contribution >= 4 is 22.2 Å². The van der Waals surface area contributed by atoms with E-state index in [1.165, 1.54) is 22.3 Å². The standard InChI is InChI=1S/C57H34N2O3/c1-3-13-35(14-4-1)55-58-49-27-24-38(33-53(49)61-55)41-29-40(30-42(31-41)39-25-28-50-54(34-39)62-56(59-50)36-15-5-2-6-16-36)37-23-26-44-43-17-7-8-18-45(43)57(48(44)32-37)46-19-9-11-21-51(46)60-52-22-12-10-20-47(52)57/h1-34H. The third kappa shape index (κ3) is 5.22. The van der Waals surface area contributed by atoms with Gasteiger partial charge in [-0.05, 0) is 141 Å². The molecule has 290 valence electrons. The SMILES string of the molecule is c1ccc(-c2nc3ccc(-c4cc(-c5ccc6c(c5)C5(c7ccccc7Oc7ccccc75)c5ccccc5-6)cc(-c5ccc6nc(-c7ccccc7)oc6c5)c4)cc3o2)cc1. The van der Waals surface area contributed by atoms with Gasteiger partial charge in [0.1, 0.15) is 22.5 Å². The monoisotopic (exact) mass is 794 g/mol. The maximum Gasteiger partial charge on any atom is 0.227 e. The Balaban J connectivity index is 1.02. The molecule has 2 aromatic heterocycles. The van der Waals surface area contributed by atoms with E-state index in [1.54, 1.807) is 0 Å². The van der Waals surface area contributed by atoms with Crippen LogP contribution in [0.4, 0.5) is 0 Å². The zero-order valence-electron chi connectivity index (χ0n) is 33.2. The number of benzene rings is 9. The van der Waals surface area contributed by atoms with E-state index in [1.807, 2.05) is 60.7 Å². The number of nitrogens with zero attached hydrogens (tertiary/aromatic N) is 2. The molecule has 1 aliphatic heterocycles. The van der Waals surface area contributed by atoms with E-state index >= 15 is 0 Å². The minimum atomic E-state index is -0.574. The van der Waals surface area contributed by atoms with Crippen molar-refractivity contribution in [3.05, 3.63) is 229 Å². The average molecular weight is 795 g/mol. The maximum atomic E-state index is 6.63. The predicted octanol–water partition coefficient (Wildman–Crippen LogP) is 14.8. The number of ether oxygens (including phenoxy) is 1. The summed E-state index contributed by atoms with van der Waals surface area (Å²) in [7, 11) is 0. The van der Waals surface area contributed by atoms with E-state index in [0.29, 0.717) is 11.8 Å². The Morgan fingerprint density at radius 3 is 1.29 bits per heavy atom. The Bertz CT molecular complexity index is 3380. The molecule has 0 amide bonds. The number of fused-ring (bicyclic) bond motifs is 11. The van der Waals surface area contributed by atoms with Crippen molar-refractivity contribution < 1.29 is 13.6 Å². The Morgan fingerprint density at radius 2 is 0.742 bits per heavy atom. The van der Waals surface area contributed by atoms with Crippen molar-refractivity contribution in [2.45, 2.75) is 5.41 Å². The van der Waals surface area contributed by atoms with Crippen LogP contribution in [0.2, 0.25) is 0 Å². The van der Waals surface area contributed by atoms with Crippen LogP contribution in [0.3, 0.4) is 0 Å². The fraction of sp³-hybridized carbons (Fsp3) is 0.0175. The summed E-state index contributed by atoms with van der Waals surface area (Å²) >= 11 is 0. The van der Waals surface area contributed by atoms with Crippen LogP contribution in [0.1, 0.15) is 22.3 Å². The van der Waals surface area contributed by atoms with E-state index in [4.69, 9.17) is 23.5 Å². The first-order valence-electron chi connectivity index (χ1n) is 20.9. The largest absolute Gasteiger partial charge is 0.457 e. The molecule has 11 aromatic rings. The number of hydrogen-bond acceptors (Lipinski definition) is 5. The third-order valence-electron chi connectivity index (χ3n) is 12.6. The van der Waals surface area contributed by atoms with Gasteiger partial charge in [0, 0.05) is 22.3 Å². The molecular weight excluding hydrogens is 761 g/mol. The summed E-state index contributed by atoms with van der Waals surface area (Å²) in [5.41, 5.74) is 18.0. The van der Waals surface area contributed by atoms with Gasteiger partial charge in [-0.25, -0.2) is 9.97 Å². The molecule has 0 radical (unpaired) electrons. The molecule has 2 aliphatic rings. The van der Waals surface area contributed by atoms with Crippen LogP contribution < -0.4 is 4.74 Å². The second-order valence-corrected chi connectivity index (χ2v) is 16.1. The van der Waals surface area contributed by atoms with Crippen LogP contribution in [0.5, 0.6) is 11.5 Å². The molecule has 0 fully saturated rings. The summed E-state index contributed by atoms with van der Waals surface area (Å²) in [5.74, 6) is 2.96. The molecule has 62 heavy (non-hydrogen) atoms. The smallest absolute Gasteiger partial charge is 0.227 e. The number of aromatic nitrogens is 2. The highest BCUT2D eigenvalue weighted by atomic mass is 16.5. The summed E-state index contributed by atoms with van der Waals surface area (Å²) in [4.78, 5) is 9.67. The lowest BCUT2D eigenvalue weighted by molar-refractivity contribution is 0.436. The van der Waals surface area contributed by atoms with E-state index < -0.39 is 5.41 Å². The third-order valence-corrected chi connectivity index (χ3v) is 12.6. The first-order valence-corrected chi connectivity index (χ1v) is 20.9. The van der Waals surface area contributed by atoms with Crippen molar-refractivity contribution in [3.63, 3.8) is 0 Å². The Morgan fingerprint density at radius 1 is 0.306 bits per heavy atom. The van der Waals surface area contributed by atoms with Gasteiger partial charge in [-0.15, -0.1) is 0 Å². The van der Waals surface area contributed by atoms with Crippen molar-refractivity contribution in [2.75, 3.05) is 0 Å². The van der Waals surface area contributed by atoms with Gasteiger partial charge in [-0.2, -0.15) is 0 Å². The second kappa shape index (κ2) is 13.4. The summed E-state index contributed by atoms with van der Waals surface area (Å²) in [6, 6.07) is 72.4. The van der Waals surface area contributed by atoms with Gasteiger partial charge in [-0.1, -0.05) is 121 Å². The maximum absolute atomic E-state index is 6.63. The Labute approximate surface area is 357 Å². The van der Waals surface area contributed by atoms with Crippen LogP contribution in [0.15, 0.2) is 215 Å². The summed E-state index contributed by atoms with van der Waals surface area (Å²) in [5, 5.41) is 0. The van der Waals surface area contributed by atoms with E-state index in [0.717, 1.165) is 89.3 Å². The average Bonchev–Trinajstić information content (AvgIpc) is 4.05. The highest BCUT2D eigenvalue weighted by molar-refractivity contribution is 5.93. The summed E-state index contributed by atoms with van der Waals surface area (Å²) < 4.78 is 19.4. The van der Waals surface area contributed by atoms with E-state index in [9.17, 15) is 0 Å². The lowest BCUT2D eigenvalue weighted by atomic mass is 9.66.